The minimum absolute atomic E-state index is 0.196. The highest BCUT2D eigenvalue weighted by molar-refractivity contribution is 5.98. The average Bonchev–Trinajstić information content (AvgIpc) is 2.58. The number of amides is 2. The van der Waals surface area contributed by atoms with Crippen LogP contribution in [0.4, 0.5) is 0 Å². The van der Waals surface area contributed by atoms with Crippen molar-refractivity contribution in [3.63, 3.8) is 0 Å². The molecule has 2 atom stereocenters. The predicted octanol–water partition coefficient (Wildman–Crippen LogP) is 1.82. The summed E-state index contributed by atoms with van der Waals surface area (Å²) in [5, 5.41) is 14.3. The molecule has 0 aromatic heterocycles. The summed E-state index contributed by atoms with van der Waals surface area (Å²) < 4.78 is 5.04. The molecular weight excluding hydrogens is 324 g/mol. The summed E-state index contributed by atoms with van der Waals surface area (Å²) >= 11 is 0. The van der Waals surface area contributed by atoms with Gasteiger partial charge in [-0.05, 0) is 36.6 Å². The first-order valence-electron chi connectivity index (χ1n) is 8.28. The Hall–Kier alpha value is -2.57. The highest BCUT2D eigenvalue weighted by Gasteiger charge is 2.28. The number of aliphatic carboxylic acids is 1. The van der Waals surface area contributed by atoms with Crippen LogP contribution in [0.15, 0.2) is 24.3 Å². The van der Waals surface area contributed by atoms with Gasteiger partial charge in [-0.3, -0.25) is 9.59 Å². The van der Waals surface area contributed by atoms with E-state index in [0.29, 0.717) is 24.2 Å². The lowest BCUT2D eigenvalue weighted by Gasteiger charge is -2.24. The molecule has 0 aliphatic rings. The zero-order valence-corrected chi connectivity index (χ0v) is 15.0. The molecule has 2 unspecified atom stereocenters. The topological polar surface area (TPSA) is 105 Å². The van der Waals surface area contributed by atoms with Crippen LogP contribution in [0.1, 0.15) is 44.0 Å². The van der Waals surface area contributed by atoms with E-state index >= 15 is 0 Å². The van der Waals surface area contributed by atoms with Gasteiger partial charge in [0.25, 0.3) is 5.91 Å². The van der Waals surface area contributed by atoms with Crippen molar-refractivity contribution in [1.82, 2.24) is 10.6 Å². The Morgan fingerprint density at radius 3 is 2.16 bits per heavy atom. The summed E-state index contributed by atoms with van der Waals surface area (Å²) in [6.45, 7) is 5.41. The zero-order chi connectivity index (χ0) is 19.0. The third-order valence-corrected chi connectivity index (χ3v) is 3.78. The molecule has 1 rings (SSSR count). The predicted molar refractivity (Wildman–Crippen MR) is 93.6 cm³/mol. The minimum atomic E-state index is -1.08. The van der Waals surface area contributed by atoms with Crippen molar-refractivity contribution < 1.29 is 24.2 Å². The van der Waals surface area contributed by atoms with E-state index in [0.717, 1.165) is 0 Å². The van der Waals surface area contributed by atoms with Crippen molar-refractivity contribution in [1.29, 1.82) is 0 Å². The highest BCUT2D eigenvalue weighted by Crippen LogP contribution is 2.12. The maximum atomic E-state index is 12.4. The molecule has 0 aliphatic heterocycles. The number of carbonyl (C=O) groups excluding carboxylic acids is 2. The van der Waals surface area contributed by atoms with Crippen LogP contribution >= 0.6 is 0 Å². The van der Waals surface area contributed by atoms with Crippen LogP contribution in [0.2, 0.25) is 0 Å². The number of methoxy groups -OCH3 is 1. The van der Waals surface area contributed by atoms with E-state index < -0.39 is 29.9 Å². The van der Waals surface area contributed by atoms with E-state index in [1.807, 2.05) is 6.92 Å². The molecule has 0 heterocycles. The number of hydrogen-bond donors (Lipinski definition) is 3. The molecule has 0 bridgehead atoms. The molecule has 2 amide bonds. The van der Waals surface area contributed by atoms with Gasteiger partial charge in [0.15, 0.2) is 0 Å². The van der Waals surface area contributed by atoms with Gasteiger partial charge in [0.2, 0.25) is 5.91 Å². The normalized spacial score (nSPS) is 13.0. The molecule has 0 saturated carbocycles. The lowest BCUT2D eigenvalue weighted by molar-refractivity contribution is -0.142. The Bertz CT molecular complexity index is 598. The van der Waals surface area contributed by atoms with Crippen LogP contribution < -0.4 is 15.4 Å². The number of ether oxygens (including phenoxy) is 1. The van der Waals surface area contributed by atoms with E-state index in [9.17, 15) is 14.4 Å². The van der Waals surface area contributed by atoms with E-state index in [1.165, 1.54) is 7.11 Å². The average molecular weight is 350 g/mol. The molecule has 0 spiro atoms. The quantitative estimate of drug-likeness (QED) is 0.630. The highest BCUT2D eigenvalue weighted by atomic mass is 16.5. The fourth-order valence-corrected chi connectivity index (χ4v) is 2.31. The Kier molecular flexibility index (Phi) is 7.91. The van der Waals surface area contributed by atoms with E-state index in [2.05, 4.69) is 10.6 Å². The molecular formula is C18H26N2O5. The molecule has 138 valence electrons. The third-order valence-electron chi connectivity index (χ3n) is 3.78. The number of carboxylic acids is 1. The Balaban J connectivity index is 2.82. The lowest BCUT2D eigenvalue weighted by atomic mass is 10.0. The molecule has 7 nitrogen and oxygen atoms in total. The van der Waals surface area contributed by atoms with E-state index in [1.54, 1.807) is 38.1 Å². The van der Waals surface area contributed by atoms with Gasteiger partial charge in [0.1, 0.15) is 17.8 Å². The minimum Gasteiger partial charge on any atom is -0.497 e. The van der Waals surface area contributed by atoms with Gasteiger partial charge in [-0.25, -0.2) is 4.79 Å². The standard InChI is InChI=1S/C18H26N2O5/c1-5-6-14(18(23)24)19-17(22)15(11(2)3)20-16(21)12-7-9-13(25-4)10-8-12/h7-11,14-15H,5-6H2,1-4H3,(H,19,22)(H,20,21)(H,23,24). The number of benzene rings is 1. The van der Waals surface area contributed by atoms with Crippen LogP contribution in [-0.4, -0.2) is 42.1 Å². The second-order valence-corrected chi connectivity index (χ2v) is 6.11. The number of carbonyl (C=O) groups is 3. The van der Waals surface area contributed by atoms with Crippen LogP contribution in [0, 0.1) is 5.92 Å². The number of hydrogen-bond acceptors (Lipinski definition) is 4. The summed E-state index contributed by atoms with van der Waals surface area (Å²) in [6, 6.07) is 4.72. The Morgan fingerprint density at radius 2 is 1.72 bits per heavy atom. The third kappa shape index (κ3) is 6.10. The summed E-state index contributed by atoms with van der Waals surface area (Å²) in [6.07, 6.45) is 0.958. The first kappa shape index (κ1) is 20.5. The molecule has 7 heteroatoms. The maximum Gasteiger partial charge on any atom is 0.326 e. The van der Waals surface area contributed by atoms with Crippen molar-refractivity contribution in [3.05, 3.63) is 29.8 Å². The Morgan fingerprint density at radius 1 is 1.12 bits per heavy atom. The van der Waals surface area contributed by atoms with Crippen LogP contribution in [0.25, 0.3) is 0 Å². The second-order valence-electron chi connectivity index (χ2n) is 6.11. The maximum absolute atomic E-state index is 12.4. The summed E-state index contributed by atoms with van der Waals surface area (Å²) in [7, 11) is 1.53. The zero-order valence-electron chi connectivity index (χ0n) is 15.0. The van der Waals surface area contributed by atoms with Gasteiger partial charge < -0.3 is 20.5 Å². The van der Waals surface area contributed by atoms with Gasteiger partial charge in [-0.15, -0.1) is 0 Å². The number of carboxylic acid groups (broad SMARTS) is 1. The summed E-state index contributed by atoms with van der Waals surface area (Å²) in [5.41, 5.74) is 0.391. The first-order chi connectivity index (χ1) is 11.8. The van der Waals surface area contributed by atoms with Crippen molar-refractivity contribution in [3.8, 4) is 5.75 Å². The fourth-order valence-electron chi connectivity index (χ4n) is 2.31. The van der Waals surface area contributed by atoms with Gasteiger partial charge in [-0.2, -0.15) is 0 Å². The van der Waals surface area contributed by atoms with Crippen molar-refractivity contribution >= 4 is 17.8 Å². The molecule has 0 fully saturated rings. The molecule has 0 radical (unpaired) electrons. The van der Waals surface area contributed by atoms with E-state index in [4.69, 9.17) is 9.84 Å². The van der Waals surface area contributed by atoms with E-state index in [-0.39, 0.29) is 5.92 Å². The summed E-state index contributed by atoms with van der Waals surface area (Å²) in [5.74, 6) is -1.56. The molecule has 3 N–H and O–H groups in total. The van der Waals surface area contributed by atoms with Gasteiger partial charge in [0, 0.05) is 5.56 Å². The van der Waals surface area contributed by atoms with Gasteiger partial charge >= 0.3 is 5.97 Å². The molecule has 1 aromatic carbocycles. The summed E-state index contributed by atoms with van der Waals surface area (Å²) in [4.78, 5) is 36.0. The lowest BCUT2D eigenvalue weighted by Crippen LogP contribution is -2.53. The van der Waals surface area contributed by atoms with Crippen molar-refractivity contribution in [2.45, 2.75) is 45.7 Å². The van der Waals surface area contributed by atoms with Crippen LogP contribution in [0.3, 0.4) is 0 Å². The molecule has 0 saturated heterocycles. The molecule has 0 aliphatic carbocycles. The van der Waals surface area contributed by atoms with Crippen molar-refractivity contribution in [2.75, 3.05) is 7.11 Å². The fraction of sp³-hybridized carbons (Fsp3) is 0.500. The van der Waals surface area contributed by atoms with Crippen molar-refractivity contribution in [2.24, 2.45) is 5.92 Å². The molecule has 25 heavy (non-hydrogen) atoms. The monoisotopic (exact) mass is 350 g/mol. The van der Waals surface area contributed by atoms with Crippen LogP contribution in [-0.2, 0) is 9.59 Å². The smallest absolute Gasteiger partial charge is 0.326 e. The Labute approximate surface area is 147 Å². The largest absolute Gasteiger partial charge is 0.497 e. The second kappa shape index (κ2) is 9.66. The van der Waals surface area contributed by atoms with Crippen LogP contribution in [0.5, 0.6) is 5.75 Å². The number of nitrogens with one attached hydrogen (secondary N) is 2. The van der Waals surface area contributed by atoms with Gasteiger partial charge in [0.05, 0.1) is 7.11 Å². The SMILES string of the molecule is CCCC(NC(=O)C(NC(=O)c1ccc(OC)cc1)C(C)C)C(=O)O. The van der Waals surface area contributed by atoms with Gasteiger partial charge in [-0.1, -0.05) is 27.2 Å². The first-order valence-corrected chi connectivity index (χ1v) is 8.28. The molecule has 1 aromatic rings. The number of rotatable bonds is 9.